The van der Waals surface area contributed by atoms with Crippen molar-refractivity contribution in [2.24, 2.45) is 0 Å². The van der Waals surface area contributed by atoms with E-state index in [0.717, 1.165) is 29.0 Å². The highest BCUT2D eigenvalue weighted by Crippen LogP contribution is 2.42. The van der Waals surface area contributed by atoms with Gasteiger partial charge >= 0.3 is 5.97 Å². The molecule has 0 bridgehead atoms. The van der Waals surface area contributed by atoms with E-state index in [0.29, 0.717) is 47.2 Å². The number of phenolic OH excluding ortho intramolecular Hbond substituents is 1. The molecule has 1 fully saturated rings. The summed E-state index contributed by atoms with van der Waals surface area (Å²) in [5.41, 5.74) is 3.23. The minimum Gasteiger partial charge on any atom is -0.507 e. The van der Waals surface area contributed by atoms with Crippen LogP contribution in [0.25, 0.3) is 0 Å². The molecule has 170 valence electrons. The zero-order valence-corrected chi connectivity index (χ0v) is 19.3. The highest BCUT2D eigenvalue weighted by Gasteiger charge is 2.31. The van der Waals surface area contributed by atoms with Gasteiger partial charge in [-0.05, 0) is 45.1 Å². The summed E-state index contributed by atoms with van der Waals surface area (Å²) in [6.45, 7) is 3.93. The summed E-state index contributed by atoms with van der Waals surface area (Å²) in [6, 6.07) is 0. The van der Waals surface area contributed by atoms with Gasteiger partial charge in [0.2, 0.25) is 11.0 Å². The van der Waals surface area contributed by atoms with Crippen molar-refractivity contribution in [3.63, 3.8) is 0 Å². The summed E-state index contributed by atoms with van der Waals surface area (Å²) < 4.78 is 10.6. The van der Waals surface area contributed by atoms with E-state index in [9.17, 15) is 14.7 Å². The number of aromatic hydroxyl groups is 1. The monoisotopic (exact) mass is 457 g/mol. The van der Waals surface area contributed by atoms with E-state index in [1.807, 2.05) is 19.9 Å². The van der Waals surface area contributed by atoms with E-state index in [2.05, 4.69) is 15.5 Å². The second kappa shape index (κ2) is 9.28. The Kier molecular flexibility index (Phi) is 6.45. The first-order valence-corrected chi connectivity index (χ1v) is 11.6. The van der Waals surface area contributed by atoms with Gasteiger partial charge < -0.3 is 19.9 Å². The number of phenols is 1. The number of amides is 1. The number of nitrogens with zero attached hydrogens (tertiary/aromatic N) is 2. The average molecular weight is 458 g/mol. The first-order chi connectivity index (χ1) is 15.4. The highest BCUT2D eigenvalue weighted by molar-refractivity contribution is 7.15. The van der Waals surface area contributed by atoms with Crippen LogP contribution in [0, 0.1) is 6.92 Å². The van der Waals surface area contributed by atoms with Crippen molar-refractivity contribution in [3.8, 4) is 11.5 Å². The first-order valence-electron chi connectivity index (χ1n) is 10.8. The van der Waals surface area contributed by atoms with Gasteiger partial charge in [0.05, 0.1) is 7.11 Å². The molecule has 2 heterocycles. The maximum atomic E-state index is 12.3. The van der Waals surface area contributed by atoms with Gasteiger partial charge in [0.25, 0.3) is 0 Å². The molecule has 4 rings (SSSR count). The van der Waals surface area contributed by atoms with E-state index in [-0.39, 0.29) is 23.8 Å². The largest absolute Gasteiger partial charge is 0.507 e. The third kappa shape index (κ3) is 4.34. The Bertz CT molecular complexity index is 1090. The van der Waals surface area contributed by atoms with Crippen LogP contribution in [-0.2, 0) is 22.6 Å². The number of anilines is 1. The quantitative estimate of drug-likeness (QED) is 0.446. The number of nitrogens with one attached hydrogen (secondary N) is 1. The molecular weight excluding hydrogens is 430 g/mol. The van der Waals surface area contributed by atoms with Crippen LogP contribution in [0.4, 0.5) is 5.13 Å². The summed E-state index contributed by atoms with van der Waals surface area (Å²) in [6.07, 6.45) is 6.74. The standard InChI is InChI=1S/C23H27N3O5S/c1-12(8-10-17(27)24-23-26-25-21(32-23)14-5-4-6-14)7-9-15-19(28)18-16(11-31-22(18)29)13(2)20(15)30-3/h7,14,28H,4-6,8-11H2,1-3H3,(H,24,26,27)/b12-7+. The number of cyclic esters (lactones) is 1. The van der Waals surface area contributed by atoms with Gasteiger partial charge in [-0.15, -0.1) is 10.2 Å². The number of carbonyl (C=O) groups is 2. The third-order valence-corrected chi connectivity index (χ3v) is 7.19. The molecule has 9 heteroatoms. The molecule has 32 heavy (non-hydrogen) atoms. The molecule has 1 saturated carbocycles. The Hall–Kier alpha value is -2.94. The lowest BCUT2D eigenvalue weighted by atomic mass is 9.86. The number of hydrogen-bond donors (Lipinski definition) is 2. The van der Waals surface area contributed by atoms with Gasteiger partial charge in [0.1, 0.15) is 28.7 Å². The van der Waals surface area contributed by atoms with Crippen LogP contribution in [0.5, 0.6) is 11.5 Å². The highest BCUT2D eigenvalue weighted by atomic mass is 32.1. The molecule has 1 aromatic heterocycles. The Morgan fingerprint density at radius 3 is 2.81 bits per heavy atom. The predicted octanol–water partition coefficient (Wildman–Crippen LogP) is 4.41. The molecule has 1 aromatic carbocycles. The molecule has 2 aliphatic rings. The fraction of sp³-hybridized carbons (Fsp3) is 0.478. The topological polar surface area (TPSA) is 111 Å². The molecule has 0 spiro atoms. The van der Waals surface area contributed by atoms with Gasteiger partial charge in [-0.3, -0.25) is 4.79 Å². The zero-order chi connectivity index (χ0) is 22.8. The molecule has 2 aromatic rings. The third-order valence-electron chi connectivity index (χ3n) is 6.19. The maximum Gasteiger partial charge on any atom is 0.342 e. The Morgan fingerprint density at radius 1 is 1.34 bits per heavy atom. The number of ether oxygens (including phenoxy) is 2. The van der Waals surface area contributed by atoms with Crippen LogP contribution in [-0.4, -0.2) is 34.3 Å². The van der Waals surface area contributed by atoms with E-state index in [1.54, 1.807) is 7.11 Å². The van der Waals surface area contributed by atoms with Crippen molar-refractivity contribution >= 4 is 28.3 Å². The van der Waals surface area contributed by atoms with E-state index >= 15 is 0 Å². The Morgan fingerprint density at radius 2 is 2.12 bits per heavy atom. The van der Waals surface area contributed by atoms with E-state index in [1.165, 1.54) is 17.8 Å². The smallest absolute Gasteiger partial charge is 0.342 e. The van der Waals surface area contributed by atoms with Crippen LogP contribution in [0.15, 0.2) is 11.6 Å². The molecule has 0 atom stereocenters. The molecule has 0 saturated heterocycles. The van der Waals surface area contributed by atoms with Crippen molar-refractivity contribution < 1.29 is 24.2 Å². The van der Waals surface area contributed by atoms with Crippen LogP contribution < -0.4 is 10.1 Å². The van der Waals surface area contributed by atoms with E-state index < -0.39 is 5.97 Å². The Balaban J connectivity index is 1.37. The van der Waals surface area contributed by atoms with Gasteiger partial charge in [-0.1, -0.05) is 29.4 Å². The normalized spacial score (nSPS) is 15.8. The van der Waals surface area contributed by atoms with Gasteiger partial charge in [0, 0.05) is 23.5 Å². The summed E-state index contributed by atoms with van der Waals surface area (Å²) in [5, 5.41) is 23.3. The zero-order valence-electron chi connectivity index (χ0n) is 18.5. The number of esters is 1. The lowest BCUT2D eigenvalue weighted by Gasteiger charge is -2.21. The van der Waals surface area contributed by atoms with Crippen molar-refractivity contribution in [3.05, 3.63) is 38.9 Å². The van der Waals surface area contributed by atoms with Gasteiger partial charge in [0.15, 0.2) is 0 Å². The second-order valence-electron chi connectivity index (χ2n) is 8.29. The van der Waals surface area contributed by atoms with Crippen molar-refractivity contribution in [2.75, 3.05) is 12.4 Å². The number of aromatic nitrogens is 2. The minimum atomic E-state index is -0.515. The second-order valence-corrected chi connectivity index (χ2v) is 9.30. The number of allylic oxidation sites excluding steroid dienone is 2. The number of fused-ring (bicyclic) bond motifs is 1. The van der Waals surface area contributed by atoms with Gasteiger partial charge in [-0.2, -0.15) is 0 Å². The molecule has 1 amide bonds. The minimum absolute atomic E-state index is 0.0923. The summed E-state index contributed by atoms with van der Waals surface area (Å²) >= 11 is 1.46. The van der Waals surface area contributed by atoms with Crippen LogP contribution >= 0.6 is 11.3 Å². The number of hydrogen-bond acceptors (Lipinski definition) is 8. The molecule has 8 nitrogen and oxygen atoms in total. The first kappa shape index (κ1) is 22.3. The number of rotatable bonds is 8. The SMILES string of the molecule is COc1c(C)c2c(c(O)c1C/C=C(\C)CCC(=O)Nc1nnc(C3CCC3)s1)C(=O)OC2. The van der Waals surface area contributed by atoms with Crippen molar-refractivity contribution in [1.82, 2.24) is 10.2 Å². The molecule has 0 unspecified atom stereocenters. The fourth-order valence-electron chi connectivity index (χ4n) is 4.00. The number of methoxy groups -OCH3 is 1. The molecule has 2 N–H and O–H groups in total. The fourth-order valence-corrected chi connectivity index (χ4v) is 4.93. The molecule has 1 aliphatic heterocycles. The average Bonchev–Trinajstić information content (AvgIpc) is 3.33. The van der Waals surface area contributed by atoms with Crippen LogP contribution in [0.1, 0.15) is 77.0 Å². The molecule has 0 radical (unpaired) electrons. The lowest BCUT2D eigenvalue weighted by Crippen LogP contribution is -2.11. The lowest BCUT2D eigenvalue weighted by molar-refractivity contribution is -0.116. The molecule has 1 aliphatic carbocycles. The Labute approximate surface area is 190 Å². The summed E-state index contributed by atoms with van der Waals surface area (Å²) in [5.74, 6) is 0.344. The van der Waals surface area contributed by atoms with Crippen LogP contribution in [0.3, 0.4) is 0 Å². The number of benzene rings is 1. The predicted molar refractivity (Wildman–Crippen MR) is 120 cm³/mol. The van der Waals surface area contributed by atoms with Gasteiger partial charge in [-0.25, -0.2) is 4.79 Å². The summed E-state index contributed by atoms with van der Waals surface area (Å²) in [7, 11) is 1.54. The maximum absolute atomic E-state index is 12.3. The van der Waals surface area contributed by atoms with E-state index in [4.69, 9.17) is 9.47 Å². The van der Waals surface area contributed by atoms with Crippen LogP contribution in [0.2, 0.25) is 0 Å². The summed E-state index contributed by atoms with van der Waals surface area (Å²) in [4.78, 5) is 24.3. The van der Waals surface area contributed by atoms with Crippen molar-refractivity contribution in [2.45, 2.75) is 64.9 Å². The van der Waals surface area contributed by atoms with Crippen molar-refractivity contribution in [1.29, 1.82) is 0 Å². The number of carbonyl (C=O) groups excluding carboxylic acids is 2. The molecular formula is C23H27N3O5S.